The summed E-state index contributed by atoms with van der Waals surface area (Å²) in [5.74, 6) is -1.92. The molecular weight excluding hydrogens is 327 g/mol. The second-order valence-corrected chi connectivity index (χ2v) is 5.96. The predicted octanol–water partition coefficient (Wildman–Crippen LogP) is 1.68. The van der Waals surface area contributed by atoms with E-state index in [-0.39, 0.29) is 30.1 Å². The molecule has 0 aliphatic carbocycles. The highest BCUT2D eigenvalue weighted by Crippen LogP contribution is 2.36. The topological polar surface area (TPSA) is 110 Å². The molecule has 1 aromatic rings. The van der Waals surface area contributed by atoms with E-state index in [2.05, 4.69) is 0 Å². The lowest BCUT2D eigenvalue weighted by Crippen LogP contribution is -2.24. The van der Waals surface area contributed by atoms with Gasteiger partial charge in [-0.05, 0) is 36.6 Å². The van der Waals surface area contributed by atoms with Crippen LogP contribution in [0.25, 0.3) is 0 Å². The summed E-state index contributed by atoms with van der Waals surface area (Å²) in [6, 6.07) is 1.64. The monoisotopic (exact) mass is 345 g/mol. The van der Waals surface area contributed by atoms with E-state index in [1.165, 1.54) is 0 Å². The molecular formula is C15H18F3N3O3. The van der Waals surface area contributed by atoms with Gasteiger partial charge in [-0.25, -0.2) is 4.79 Å². The lowest BCUT2D eigenvalue weighted by molar-refractivity contribution is -0.138. The number of alkyl halides is 3. The van der Waals surface area contributed by atoms with Gasteiger partial charge in [0.25, 0.3) is 0 Å². The zero-order valence-corrected chi connectivity index (χ0v) is 12.8. The van der Waals surface area contributed by atoms with Crippen molar-refractivity contribution in [1.82, 2.24) is 4.90 Å². The highest BCUT2D eigenvalue weighted by atomic mass is 19.4. The first-order valence-corrected chi connectivity index (χ1v) is 7.31. The van der Waals surface area contributed by atoms with Gasteiger partial charge in [-0.1, -0.05) is 0 Å². The third kappa shape index (κ3) is 4.16. The van der Waals surface area contributed by atoms with E-state index in [0.29, 0.717) is 25.6 Å². The second kappa shape index (κ2) is 6.68. The van der Waals surface area contributed by atoms with Gasteiger partial charge in [0, 0.05) is 25.2 Å². The average Bonchev–Trinajstić information content (AvgIpc) is 2.83. The first-order chi connectivity index (χ1) is 11.1. The van der Waals surface area contributed by atoms with Crippen molar-refractivity contribution in [3.05, 3.63) is 28.8 Å². The van der Waals surface area contributed by atoms with Crippen molar-refractivity contribution in [2.75, 3.05) is 18.8 Å². The van der Waals surface area contributed by atoms with Gasteiger partial charge in [-0.3, -0.25) is 9.69 Å². The number of carbonyl (C=O) groups is 2. The van der Waals surface area contributed by atoms with Crippen LogP contribution < -0.4 is 11.5 Å². The van der Waals surface area contributed by atoms with E-state index in [9.17, 15) is 22.8 Å². The number of primary amides is 1. The molecule has 1 heterocycles. The number of hydrogen-bond donors (Lipinski definition) is 3. The number of carboxylic acid groups (broad SMARTS) is 1. The van der Waals surface area contributed by atoms with Crippen LogP contribution in [0.2, 0.25) is 0 Å². The number of likely N-dealkylation sites (tertiary alicyclic amines) is 1. The summed E-state index contributed by atoms with van der Waals surface area (Å²) in [6.07, 6.45) is -3.81. The minimum atomic E-state index is -4.68. The largest absolute Gasteiger partial charge is 0.478 e. The highest BCUT2D eigenvalue weighted by molar-refractivity contribution is 5.94. The number of nitrogen functional groups attached to an aromatic ring is 1. The lowest BCUT2D eigenvalue weighted by atomic mass is 10.0. The Labute approximate surface area is 136 Å². The Balaban J connectivity index is 2.25. The van der Waals surface area contributed by atoms with Crippen LogP contribution in [0.5, 0.6) is 0 Å². The molecule has 9 heteroatoms. The minimum Gasteiger partial charge on any atom is -0.478 e. The van der Waals surface area contributed by atoms with Crippen molar-refractivity contribution in [3.63, 3.8) is 0 Å². The zero-order chi connectivity index (χ0) is 18.1. The molecule has 6 nitrogen and oxygen atoms in total. The molecule has 0 aromatic heterocycles. The Kier molecular flexibility index (Phi) is 5.02. The van der Waals surface area contributed by atoms with Crippen LogP contribution >= 0.6 is 0 Å². The SMILES string of the molecule is NC(=O)C[C@@H]1CCN(Cc2cc(N)c(C(=O)O)cc2C(F)(F)F)C1. The molecule has 2 rings (SSSR count). The van der Waals surface area contributed by atoms with Crippen molar-refractivity contribution < 1.29 is 27.9 Å². The molecule has 1 aliphatic heterocycles. The maximum atomic E-state index is 13.2. The molecule has 132 valence electrons. The third-order valence-corrected chi connectivity index (χ3v) is 4.06. The van der Waals surface area contributed by atoms with Crippen LogP contribution in [-0.4, -0.2) is 35.0 Å². The lowest BCUT2D eigenvalue weighted by Gasteiger charge is -2.20. The predicted molar refractivity (Wildman–Crippen MR) is 80.0 cm³/mol. The Hall–Kier alpha value is -2.29. The number of anilines is 1. The number of nitrogens with two attached hydrogens (primary N) is 2. The fraction of sp³-hybridized carbons (Fsp3) is 0.467. The van der Waals surface area contributed by atoms with E-state index in [4.69, 9.17) is 16.6 Å². The fourth-order valence-corrected chi connectivity index (χ4v) is 2.99. The summed E-state index contributed by atoms with van der Waals surface area (Å²) >= 11 is 0. The summed E-state index contributed by atoms with van der Waals surface area (Å²) in [4.78, 5) is 23.7. The zero-order valence-electron chi connectivity index (χ0n) is 12.8. The van der Waals surface area contributed by atoms with E-state index in [1.54, 1.807) is 4.90 Å². The second-order valence-electron chi connectivity index (χ2n) is 5.96. The van der Waals surface area contributed by atoms with Crippen LogP contribution in [0, 0.1) is 5.92 Å². The molecule has 5 N–H and O–H groups in total. The molecule has 24 heavy (non-hydrogen) atoms. The molecule has 1 saturated heterocycles. The number of amides is 1. The van der Waals surface area contributed by atoms with Gasteiger partial charge in [-0.2, -0.15) is 13.2 Å². The molecule has 0 unspecified atom stereocenters. The summed E-state index contributed by atoms with van der Waals surface area (Å²) < 4.78 is 39.7. The molecule has 1 fully saturated rings. The van der Waals surface area contributed by atoms with Crippen LogP contribution in [0.4, 0.5) is 18.9 Å². The molecule has 0 radical (unpaired) electrons. The number of nitrogens with zero attached hydrogens (tertiary/aromatic N) is 1. The highest BCUT2D eigenvalue weighted by Gasteiger charge is 2.36. The number of carboxylic acids is 1. The maximum absolute atomic E-state index is 13.2. The summed E-state index contributed by atoms with van der Waals surface area (Å²) in [6.45, 7) is 0.977. The van der Waals surface area contributed by atoms with Gasteiger partial charge in [0.05, 0.1) is 11.1 Å². The number of rotatable bonds is 5. The van der Waals surface area contributed by atoms with Crippen molar-refractivity contribution in [2.24, 2.45) is 11.7 Å². The minimum absolute atomic E-state index is 0.0196. The normalized spacial score (nSPS) is 18.7. The van der Waals surface area contributed by atoms with Gasteiger partial charge in [0.2, 0.25) is 5.91 Å². The smallest absolute Gasteiger partial charge is 0.416 e. The first-order valence-electron chi connectivity index (χ1n) is 7.31. The van der Waals surface area contributed by atoms with E-state index < -0.39 is 29.2 Å². The van der Waals surface area contributed by atoms with E-state index in [0.717, 1.165) is 6.07 Å². The van der Waals surface area contributed by atoms with Crippen LogP contribution in [0.3, 0.4) is 0 Å². The molecule has 1 aliphatic rings. The van der Waals surface area contributed by atoms with Crippen molar-refractivity contribution in [2.45, 2.75) is 25.6 Å². The van der Waals surface area contributed by atoms with Crippen molar-refractivity contribution in [3.8, 4) is 0 Å². The third-order valence-electron chi connectivity index (χ3n) is 4.06. The fourth-order valence-electron chi connectivity index (χ4n) is 2.99. The molecule has 1 amide bonds. The molecule has 0 spiro atoms. The first kappa shape index (κ1) is 18.1. The Morgan fingerprint density at radius 2 is 2.00 bits per heavy atom. The van der Waals surface area contributed by atoms with Crippen LogP contribution in [0.15, 0.2) is 12.1 Å². The number of benzene rings is 1. The Morgan fingerprint density at radius 3 is 2.54 bits per heavy atom. The molecule has 1 aromatic carbocycles. The van der Waals surface area contributed by atoms with Gasteiger partial charge in [0.1, 0.15) is 0 Å². The Bertz CT molecular complexity index is 661. The van der Waals surface area contributed by atoms with E-state index >= 15 is 0 Å². The summed E-state index contributed by atoms with van der Waals surface area (Å²) in [7, 11) is 0. The van der Waals surface area contributed by atoms with E-state index in [1.807, 2.05) is 0 Å². The number of aromatic carboxylic acids is 1. The van der Waals surface area contributed by atoms with Crippen molar-refractivity contribution in [1.29, 1.82) is 0 Å². The van der Waals surface area contributed by atoms with Crippen LogP contribution in [0.1, 0.15) is 34.3 Å². The summed E-state index contributed by atoms with van der Waals surface area (Å²) in [5, 5.41) is 8.95. The maximum Gasteiger partial charge on any atom is 0.416 e. The average molecular weight is 345 g/mol. The quantitative estimate of drug-likeness (QED) is 0.704. The van der Waals surface area contributed by atoms with Gasteiger partial charge >= 0.3 is 12.1 Å². The van der Waals surface area contributed by atoms with Gasteiger partial charge < -0.3 is 16.6 Å². The summed E-state index contributed by atoms with van der Waals surface area (Å²) in [5.41, 5.74) is 8.85. The number of hydrogen-bond acceptors (Lipinski definition) is 4. The van der Waals surface area contributed by atoms with Crippen molar-refractivity contribution >= 4 is 17.6 Å². The number of halogens is 3. The van der Waals surface area contributed by atoms with Gasteiger partial charge in [0.15, 0.2) is 0 Å². The molecule has 0 saturated carbocycles. The van der Waals surface area contributed by atoms with Gasteiger partial charge in [-0.15, -0.1) is 0 Å². The molecule has 1 atom stereocenters. The number of carbonyl (C=O) groups excluding carboxylic acids is 1. The standard InChI is InChI=1S/C15H18F3N3O3/c16-15(17,18)11-5-10(14(23)24)12(19)4-9(11)7-21-2-1-8(6-21)3-13(20)22/h4-5,8H,1-3,6-7,19H2,(H2,20,22)(H,23,24)/t8-/m0/s1. The van der Waals surface area contributed by atoms with Crippen LogP contribution in [-0.2, 0) is 17.5 Å². The Morgan fingerprint density at radius 1 is 1.33 bits per heavy atom. The molecule has 0 bridgehead atoms.